The summed E-state index contributed by atoms with van der Waals surface area (Å²) in [5, 5.41) is 0. The van der Waals surface area contributed by atoms with E-state index >= 15 is 0 Å². The second-order valence-electron chi connectivity index (χ2n) is 3.01. The largest absolute Gasteiger partial charge is 0.277 e. The van der Waals surface area contributed by atoms with Crippen LogP contribution in [-0.4, -0.2) is 24.6 Å². The van der Waals surface area contributed by atoms with E-state index in [9.17, 15) is 19.2 Å². The van der Waals surface area contributed by atoms with Gasteiger partial charge in [-0.15, -0.1) is 0 Å². The molecule has 0 fully saturated rings. The SMILES string of the molecule is O=CNNC(=O)c1cccc(C(=O)NNC=O)c1. The molecule has 1 rings (SSSR count). The van der Waals surface area contributed by atoms with E-state index in [0.29, 0.717) is 12.8 Å². The van der Waals surface area contributed by atoms with Crippen LogP contribution < -0.4 is 21.7 Å². The maximum atomic E-state index is 11.5. The number of amides is 4. The standard InChI is InChI=1S/C10H10N4O4/c15-5-11-13-9(17)7-2-1-3-8(4-7)10(18)14-12-6-16/h1-6H,(H,11,15)(H,12,16)(H,13,17)(H,14,18). The number of rotatable bonds is 6. The molecule has 0 saturated heterocycles. The molecular formula is C10H10N4O4. The number of hydrogen-bond acceptors (Lipinski definition) is 4. The molecule has 18 heavy (non-hydrogen) atoms. The van der Waals surface area contributed by atoms with Gasteiger partial charge in [0, 0.05) is 11.1 Å². The minimum atomic E-state index is -0.569. The fourth-order valence-electron chi connectivity index (χ4n) is 1.14. The van der Waals surface area contributed by atoms with Crippen LogP contribution in [0.4, 0.5) is 0 Å². The van der Waals surface area contributed by atoms with Gasteiger partial charge in [0.25, 0.3) is 11.8 Å². The smallest absolute Gasteiger partial charge is 0.269 e. The van der Waals surface area contributed by atoms with Gasteiger partial charge in [0.1, 0.15) is 0 Å². The number of carbonyl (C=O) groups excluding carboxylic acids is 4. The maximum absolute atomic E-state index is 11.5. The van der Waals surface area contributed by atoms with E-state index in [0.717, 1.165) is 0 Å². The summed E-state index contributed by atoms with van der Waals surface area (Å²) in [5.74, 6) is -1.14. The number of nitrogens with one attached hydrogen (secondary N) is 4. The summed E-state index contributed by atoms with van der Waals surface area (Å²) >= 11 is 0. The summed E-state index contributed by atoms with van der Waals surface area (Å²) in [6, 6.07) is 5.73. The van der Waals surface area contributed by atoms with Crippen molar-refractivity contribution in [2.45, 2.75) is 0 Å². The zero-order chi connectivity index (χ0) is 13.4. The molecule has 1 aromatic rings. The highest BCUT2D eigenvalue weighted by molar-refractivity contribution is 5.99. The Balaban J connectivity index is 2.78. The minimum absolute atomic E-state index is 0.183. The molecule has 8 nitrogen and oxygen atoms in total. The number of benzene rings is 1. The van der Waals surface area contributed by atoms with Gasteiger partial charge in [0.2, 0.25) is 12.8 Å². The van der Waals surface area contributed by atoms with E-state index in [1.807, 2.05) is 10.9 Å². The molecule has 0 radical (unpaired) electrons. The predicted octanol–water partition coefficient (Wildman–Crippen LogP) is -1.53. The fourth-order valence-corrected chi connectivity index (χ4v) is 1.14. The third kappa shape index (κ3) is 3.59. The molecule has 0 spiro atoms. The van der Waals surface area contributed by atoms with Crippen LogP contribution >= 0.6 is 0 Å². The van der Waals surface area contributed by atoms with E-state index in [-0.39, 0.29) is 11.1 Å². The minimum Gasteiger partial charge on any atom is -0.277 e. The van der Waals surface area contributed by atoms with E-state index in [2.05, 4.69) is 10.9 Å². The van der Waals surface area contributed by atoms with Crippen molar-refractivity contribution in [3.8, 4) is 0 Å². The van der Waals surface area contributed by atoms with Crippen molar-refractivity contribution >= 4 is 24.6 Å². The Morgan fingerprint density at radius 2 is 1.33 bits per heavy atom. The van der Waals surface area contributed by atoms with Crippen molar-refractivity contribution in [3.63, 3.8) is 0 Å². The van der Waals surface area contributed by atoms with Crippen LogP contribution in [0.2, 0.25) is 0 Å². The van der Waals surface area contributed by atoms with Gasteiger partial charge in [-0.25, -0.2) is 0 Å². The van der Waals surface area contributed by atoms with Crippen LogP contribution in [0.25, 0.3) is 0 Å². The van der Waals surface area contributed by atoms with Crippen molar-refractivity contribution in [2.24, 2.45) is 0 Å². The van der Waals surface area contributed by atoms with E-state index in [1.165, 1.54) is 24.3 Å². The second-order valence-corrected chi connectivity index (χ2v) is 3.01. The lowest BCUT2D eigenvalue weighted by molar-refractivity contribution is -0.110. The van der Waals surface area contributed by atoms with Gasteiger partial charge >= 0.3 is 0 Å². The van der Waals surface area contributed by atoms with Crippen LogP contribution in [-0.2, 0) is 9.59 Å². The van der Waals surface area contributed by atoms with E-state index in [1.54, 1.807) is 0 Å². The quantitative estimate of drug-likeness (QED) is 0.362. The van der Waals surface area contributed by atoms with Crippen LogP contribution in [0, 0.1) is 0 Å². The van der Waals surface area contributed by atoms with Gasteiger partial charge in [0.05, 0.1) is 0 Å². The molecule has 0 heterocycles. The Bertz CT molecular complexity index is 435. The first-order valence-corrected chi connectivity index (χ1v) is 4.78. The van der Waals surface area contributed by atoms with Gasteiger partial charge in [-0.05, 0) is 18.2 Å². The summed E-state index contributed by atoms with van der Waals surface area (Å²) < 4.78 is 0. The monoisotopic (exact) mass is 250 g/mol. The Labute approximate surface area is 102 Å². The summed E-state index contributed by atoms with van der Waals surface area (Å²) in [7, 11) is 0. The number of hydrazine groups is 2. The average Bonchev–Trinajstić information content (AvgIpc) is 2.42. The zero-order valence-corrected chi connectivity index (χ0v) is 9.10. The number of hydrogen-bond donors (Lipinski definition) is 4. The maximum Gasteiger partial charge on any atom is 0.269 e. The van der Waals surface area contributed by atoms with Gasteiger partial charge < -0.3 is 0 Å². The summed E-state index contributed by atoms with van der Waals surface area (Å²) in [6.07, 6.45) is 0.616. The zero-order valence-electron chi connectivity index (χ0n) is 9.10. The van der Waals surface area contributed by atoms with Gasteiger partial charge in [-0.2, -0.15) is 0 Å². The fraction of sp³-hybridized carbons (Fsp3) is 0. The molecule has 0 aliphatic rings. The third-order valence-corrected chi connectivity index (χ3v) is 1.88. The van der Waals surface area contributed by atoms with Crippen molar-refractivity contribution in [1.82, 2.24) is 21.7 Å². The van der Waals surface area contributed by atoms with Crippen LogP contribution in [0.15, 0.2) is 24.3 Å². The van der Waals surface area contributed by atoms with Crippen molar-refractivity contribution in [1.29, 1.82) is 0 Å². The molecule has 1 aromatic carbocycles. The first-order valence-electron chi connectivity index (χ1n) is 4.78. The predicted molar refractivity (Wildman–Crippen MR) is 59.8 cm³/mol. The molecule has 4 N–H and O–H groups in total. The Hall–Kier alpha value is -2.90. The molecule has 0 atom stereocenters. The van der Waals surface area contributed by atoms with Crippen molar-refractivity contribution in [3.05, 3.63) is 35.4 Å². The first kappa shape index (κ1) is 13.2. The summed E-state index contributed by atoms with van der Waals surface area (Å²) in [6.45, 7) is 0. The Morgan fingerprint density at radius 3 is 1.72 bits per heavy atom. The van der Waals surface area contributed by atoms with Crippen LogP contribution in [0.1, 0.15) is 20.7 Å². The summed E-state index contributed by atoms with van der Waals surface area (Å²) in [5.41, 5.74) is 8.54. The van der Waals surface area contributed by atoms with Gasteiger partial charge in [0.15, 0.2) is 0 Å². The van der Waals surface area contributed by atoms with Crippen LogP contribution in [0.3, 0.4) is 0 Å². The first-order chi connectivity index (χ1) is 8.69. The normalized spacial score (nSPS) is 8.89. The Morgan fingerprint density at radius 1 is 0.889 bits per heavy atom. The molecule has 0 aliphatic carbocycles. The molecule has 0 aromatic heterocycles. The van der Waals surface area contributed by atoms with E-state index < -0.39 is 11.8 Å². The number of carbonyl (C=O) groups is 4. The molecule has 8 heteroatoms. The highest BCUT2D eigenvalue weighted by atomic mass is 16.2. The molecule has 0 unspecified atom stereocenters. The highest BCUT2D eigenvalue weighted by Crippen LogP contribution is 2.04. The van der Waals surface area contributed by atoms with Gasteiger partial charge in [-0.3, -0.25) is 40.9 Å². The topological polar surface area (TPSA) is 116 Å². The van der Waals surface area contributed by atoms with Crippen LogP contribution in [0.5, 0.6) is 0 Å². The Kier molecular flexibility index (Phi) is 4.85. The molecule has 0 aliphatic heterocycles. The molecule has 94 valence electrons. The highest BCUT2D eigenvalue weighted by Gasteiger charge is 2.09. The van der Waals surface area contributed by atoms with Gasteiger partial charge in [-0.1, -0.05) is 6.07 Å². The lowest BCUT2D eigenvalue weighted by atomic mass is 10.1. The molecule has 0 saturated carbocycles. The van der Waals surface area contributed by atoms with Crippen molar-refractivity contribution in [2.75, 3.05) is 0 Å². The van der Waals surface area contributed by atoms with Crippen molar-refractivity contribution < 1.29 is 19.2 Å². The average molecular weight is 250 g/mol. The lowest BCUT2D eigenvalue weighted by Crippen LogP contribution is -2.37. The lowest BCUT2D eigenvalue weighted by Gasteiger charge is -2.06. The summed E-state index contributed by atoms with van der Waals surface area (Å²) in [4.78, 5) is 42.9. The molecule has 4 amide bonds. The second kappa shape index (κ2) is 6.63. The molecule has 0 bridgehead atoms. The molecular weight excluding hydrogens is 240 g/mol. The van der Waals surface area contributed by atoms with E-state index in [4.69, 9.17) is 0 Å². The third-order valence-electron chi connectivity index (χ3n) is 1.88.